The Bertz CT molecular complexity index is 756. The number of fused-ring (bicyclic) bond motifs is 1. The standard InChI is InChI=1S/C14H11N3O4/c18-12-6-17(7-13(19)16-12)11-5-9(14(20)21)8-3-1-2-4-10(8)15-11/h1-5H,6-7H2,(H,20,21)(H,16,18,19). The Morgan fingerprint density at radius 1 is 1.19 bits per heavy atom. The molecule has 0 bridgehead atoms. The molecule has 3 rings (SSSR count). The normalized spacial score (nSPS) is 15.1. The molecule has 0 unspecified atom stereocenters. The van der Waals surface area contributed by atoms with Gasteiger partial charge >= 0.3 is 5.97 Å². The van der Waals surface area contributed by atoms with Gasteiger partial charge in [-0.25, -0.2) is 9.78 Å². The number of piperazine rings is 1. The first-order valence-electron chi connectivity index (χ1n) is 6.25. The smallest absolute Gasteiger partial charge is 0.336 e. The highest BCUT2D eigenvalue weighted by atomic mass is 16.4. The first-order valence-corrected chi connectivity index (χ1v) is 6.25. The number of pyridine rings is 1. The minimum absolute atomic E-state index is 0.0316. The number of carbonyl (C=O) groups excluding carboxylic acids is 2. The fourth-order valence-electron chi connectivity index (χ4n) is 2.30. The lowest BCUT2D eigenvalue weighted by atomic mass is 10.1. The number of carboxylic acid groups (broad SMARTS) is 1. The number of carboxylic acids is 1. The average molecular weight is 285 g/mol. The lowest BCUT2D eigenvalue weighted by Crippen LogP contribution is -2.51. The van der Waals surface area contributed by atoms with Crippen LogP contribution in [0.2, 0.25) is 0 Å². The summed E-state index contributed by atoms with van der Waals surface area (Å²) in [6.07, 6.45) is 0. The Hall–Kier alpha value is -2.96. The van der Waals surface area contributed by atoms with Crippen LogP contribution in [0.1, 0.15) is 10.4 Å². The largest absolute Gasteiger partial charge is 0.478 e. The molecular weight excluding hydrogens is 274 g/mol. The summed E-state index contributed by atoms with van der Waals surface area (Å²) in [4.78, 5) is 40.0. The zero-order valence-electron chi connectivity index (χ0n) is 10.9. The summed E-state index contributed by atoms with van der Waals surface area (Å²) in [7, 11) is 0. The average Bonchev–Trinajstić information content (AvgIpc) is 2.45. The van der Waals surface area contributed by atoms with Crippen molar-refractivity contribution in [1.29, 1.82) is 0 Å². The van der Waals surface area contributed by atoms with Gasteiger partial charge in [0.2, 0.25) is 11.8 Å². The minimum Gasteiger partial charge on any atom is -0.478 e. The molecule has 1 fully saturated rings. The Morgan fingerprint density at radius 2 is 1.86 bits per heavy atom. The number of amides is 2. The zero-order valence-corrected chi connectivity index (χ0v) is 10.9. The summed E-state index contributed by atoms with van der Waals surface area (Å²) in [5, 5.41) is 12.0. The van der Waals surface area contributed by atoms with Crippen LogP contribution in [-0.4, -0.2) is 41.0 Å². The number of nitrogens with zero attached hydrogens (tertiary/aromatic N) is 2. The van der Waals surface area contributed by atoms with Gasteiger partial charge in [0.15, 0.2) is 0 Å². The van der Waals surface area contributed by atoms with E-state index in [4.69, 9.17) is 0 Å². The van der Waals surface area contributed by atoms with Crippen LogP contribution in [0.15, 0.2) is 30.3 Å². The fourth-order valence-corrected chi connectivity index (χ4v) is 2.30. The number of benzene rings is 1. The first-order chi connectivity index (χ1) is 10.0. The molecule has 0 atom stereocenters. The van der Waals surface area contributed by atoms with Crippen LogP contribution in [0.5, 0.6) is 0 Å². The van der Waals surface area contributed by atoms with E-state index in [1.165, 1.54) is 11.0 Å². The Kier molecular flexibility index (Phi) is 3.02. The molecule has 0 saturated carbocycles. The number of hydrogen-bond donors (Lipinski definition) is 2. The lowest BCUT2D eigenvalue weighted by molar-refractivity contribution is -0.130. The van der Waals surface area contributed by atoms with Crippen molar-refractivity contribution in [2.24, 2.45) is 0 Å². The molecule has 0 aliphatic carbocycles. The monoisotopic (exact) mass is 285 g/mol. The first kappa shape index (κ1) is 13.0. The van der Waals surface area contributed by atoms with E-state index in [1.54, 1.807) is 24.3 Å². The van der Waals surface area contributed by atoms with Gasteiger partial charge in [0.25, 0.3) is 0 Å². The molecule has 1 saturated heterocycles. The highest BCUT2D eigenvalue weighted by molar-refractivity contribution is 6.05. The minimum atomic E-state index is -1.08. The summed E-state index contributed by atoms with van der Waals surface area (Å²) >= 11 is 0. The molecule has 7 nitrogen and oxygen atoms in total. The van der Waals surface area contributed by atoms with Crippen molar-refractivity contribution in [3.63, 3.8) is 0 Å². The maximum atomic E-state index is 11.4. The number of para-hydroxylation sites is 1. The van der Waals surface area contributed by atoms with Gasteiger partial charge in [-0.2, -0.15) is 0 Å². The number of aromatic nitrogens is 1. The van der Waals surface area contributed by atoms with E-state index in [0.29, 0.717) is 16.7 Å². The predicted octanol–water partition coefficient (Wildman–Crippen LogP) is 0.396. The maximum absolute atomic E-state index is 11.4. The summed E-state index contributed by atoms with van der Waals surface area (Å²) < 4.78 is 0. The molecule has 2 aromatic rings. The maximum Gasteiger partial charge on any atom is 0.336 e. The van der Waals surface area contributed by atoms with Crippen molar-refractivity contribution >= 4 is 34.5 Å². The van der Waals surface area contributed by atoms with Crippen LogP contribution >= 0.6 is 0 Å². The van der Waals surface area contributed by atoms with Gasteiger partial charge < -0.3 is 10.0 Å². The van der Waals surface area contributed by atoms with Crippen molar-refractivity contribution in [3.05, 3.63) is 35.9 Å². The quantitative estimate of drug-likeness (QED) is 0.775. The van der Waals surface area contributed by atoms with Crippen LogP contribution in [-0.2, 0) is 9.59 Å². The molecule has 2 amide bonds. The molecule has 2 heterocycles. The van der Waals surface area contributed by atoms with Gasteiger partial charge in [0.1, 0.15) is 5.82 Å². The molecular formula is C14H11N3O4. The van der Waals surface area contributed by atoms with E-state index in [9.17, 15) is 19.5 Å². The van der Waals surface area contributed by atoms with Crippen LogP contribution < -0.4 is 10.2 Å². The Morgan fingerprint density at radius 3 is 2.52 bits per heavy atom. The number of rotatable bonds is 2. The summed E-state index contributed by atoms with van der Waals surface area (Å²) in [6.45, 7) is -0.0632. The predicted molar refractivity (Wildman–Crippen MR) is 74.1 cm³/mol. The molecule has 21 heavy (non-hydrogen) atoms. The van der Waals surface area contributed by atoms with Crippen LogP contribution in [0.25, 0.3) is 10.9 Å². The number of nitrogens with one attached hydrogen (secondary N) is 1. The van der Waals surface area contributed by atoms with Gasteiger partial charge in [0, 0.05) is 5.39 Å². The topological polar surface area (TPSA) is 99.6 Å². The number of carbonyl (C=O) groups is 3. The summed E-state index contributed by atoms with van der Waals surface area (Å²) in [5.41, 5.74) is 0.597. The second-order valence-electron chi connectivity index (χ2n) is 4.68. The van der Waals surface area contributed by atoms with Crippen LogP contribution in [0.3, 0.4) is 0 Å². The molecule has 2 N–H and O–H groups in total. The van der Waals surface area contributed by atoms with E-state index in [-0.39, 0.29) is 18.7 Å². The summed E-state index contributed by atoms with van der Waals surface area (Å²) in [5.74, 6) is -1.65. The van der Waals surface area contributed by atoms with E-state index in [0.717, 1.165) is 0 Å². The van der Waals surface area contributed by atoms with Crippen molar-refractivity contribution in [2.45, 2.75) is 0 Å². The van der Waals surface area contributed by atoms with Gasteiger partial charge in [-0.15, -0.1) is 0 Å². The fraction of sp³-hybridized carbons (Fsp3) is 0.143. The molecule has 1 aliphatic heterocycles. The highest BCUT2D eigenvalue weighted by Gasteiger charge is 2.24. The van der Waals surface area contributed by atoms with Crippen LogP contribution in [0, 0.1) is 0 Å². The SMILES string of the molecule is O=C1CN(c2cc(C(=O)O)c3ccccc3n2)CC(=O)N1. The van der Waals surface area contributed by atoms with E-state index < -0.39 is 17.8 Å². The second kappa shape index (κ2) is 4.86. The van der Waals surface area contributed by atoms with Gasteiger partial charge in [-0.1, -0.05) is 18.2 Å². The zero-order chi connectivity index (χ0) is 15.0. The van der Waals surface area contributed by atoms with Gasteiger partial charge in [0.05, 0.1) is 24.2 Å². The number of anilines is 1. The summed E-state index contributed by atoms with van der Waals surface area (Å²) in [6, 6.07) is 8.23. The second-order valence-corrected chi connectivity index (χ2v) is 4.68. The molecule has 106 valence electrons. The van der Waals surface area contributed by atoms with Crippen molar-refractivity contribution in [2.75, 3.05) is 18.0 Å². The molecule has 1 aromatic carbocycles. The van der Waals surface area contributed by atoms with Crippen molar-refractivity contribution < 1.29 is 19.5 Å². The molecule has 7 heteroatoms. The van der Waals surface area contributed by atoms with E-state index >= 15 is 0 Å². The molecule has 1 aliphatic rings. The van der Waals surface area contributed by atoms with Crippen LogP contribution in [0.4, 0.5) is 5.82 Å². The van der Waals surface area contributed by atoms with Crippen molar-refractivity contribution in [3.8, 4) is 0 Å². The molecule has 0 radical (unpaired) electrons. The third-order valence-electron chi connectivity index (χ3n) is 3.20. The molecule has 0 spiro atoms. The number of hydrogen-bond acceptors (Lipinski definition) is 5. The third-order valence-corrected chi connectivity index (χ3v) is 3.20. The van der Waals surface area contributed by atoms with E-state index in [2.05, 4.69) is 10.3 Å². The van der Waals surface area contributed by atoms with Gasteiger partial charge in [-0.3, -0.25) is 14.9 Å². The Balaban J connectivity index is 2.13. The number of aromatic carboxylic acids is 1. The number of imide groups is 1. The highest BCUT2D eigenvalue weighted by Crippen LogP contribution is 2.23. The third kappa shape index (κ3) is 2.40. The van der Waals surface area contributed by atoms with E-state index in [1.807, 2.05) is 0 Å². The lowest BCUT2D eigenvalue weighted by Gasteiger charge is -2.26. The van der Waals surface area contributed by atoms with Crippen molar-refractivity contribution in [1.82, 2.24) is 10.3 Å². The molecule has 1 aromatic heterocycles. The van der Waals surface area contributed by atoms with Gasteiger partial charge in [-0.05, 0) is 12.1 Å². The Labute approximate surface area is 119 Å².